The Hall–Kier alpha value is -0.130. The third kappa shape index (κ3) is 2.24. The van der Waals surface area contributed by atoms with Gasteiger partial charge in [0.05, 0.1) is 12.4 Å². The van der Waals surface area contributed by atoms with Gasteiger partial charge in [-0.05, 0) is 12.8 Å². The minimum absolute atomic E-state index is 0.0370. The van der Waals surface area contributed by atoms with E-state index in [9.17, 15) is 8.42 Å². The van der Waals surface area contributed by atoms with Crippen molar-refractivity contribution in [2.24, 2.45) is 0 Å². The Kier molecular flexibility index (Phi) is 1.98. The van der Waals surface area contributed by atoms with E-state index in [-0.39, 0.29) is 12.1 Å². The lowest BCUT2D eigenvalue weighted by atomic mass is 9.91. The van der Waals surface area contributed by atoms with Crippen LogP contribution in [0, 0.1) is 0 Å². The first-order valence-electron chi connectivity index (χ1n) is 3.13. The fourth-order valence-electron chi connectivity index (χ4n) is 0.987. The van der Waals surface area contributed by atoms with E-state index in [1.54, 1.807) is 0 Å². The molecule has 4 nitrogen and oxygen atoms in total. The van der Waals surface area contributed by atoms with Crippen LogP contribution in [-0.4, -0.2) is 31.9 Å². The van der Waals surface area contributed by atoms with Crippen molar-refractivity contribution in [3.05, 3.63) is 0 Å². The summed E-state index contributed by atoms with van der Waals surface area (Å²) in [5, 5.41) is 8.78. The molecule has 0 aliphatic heterocycles. The van der Waals surface area contributed by atoms with Crippen LogP contribution in [0.3, 0.4) is 0 Å². The van der Waals surface area contributed by atoms with Crippen LogP contribution in [0.1, 0.15) is 12.8 Å². The minimum atomic E-state index is -3.07. The summed E-state index contributed by atoms with van der Waals surface area (Å²) in [6, 6.07) is -0.0370. The van der Waals surface area contributed by atoms with Crippen molar-refractivity contribution in [2.45, 2.75) is 25.0 Å². The maximum absolute atomic E-state index is 10.5. The molecule has 0 atom stereocenters. The summed E-state index contributed by atoms with van der Waals surface area (Å²) in [6.07, 6.45) is 1.91. The summed E-state index contributed by atoms with van der Waals surface area (Å²) >= 11 is 0. The third-order valence-corrected chi connectivity index (χ3v) is 2.26. The second-order valence-electron chi connectivity index (χ2n) is 2.71. The highest BCUT2D eigenvalue weighted by molar-refractivity contribution is 7.88. The van der Waals surface area contributed by atoms with E-state index < -0.39 is 10.0 Å². The summed E-state index contributed by atoms with van der Waals surface area (Å²) < 4.78 is 23.5. The Morgan fingerprint density at radius 3 is 2.30 bits per heavy atom. The van der Waals surface area contributed by atoms with Gasteiger partial charge in [0.15, 0.2) is 0 Å². The molecule has 60 valence electrons. The van der Waals surface area contributed by atoms with Crippen LogP contribution in [0.2, 0.25) is 0 Å². The van der Waals surface area contributed by atoms with Gasteiger partial charge >= 0.3 is 0 Å². The first kappa shape index (κ1) is 7.97. The molecule has 1 fully saturated rings. The molecule has 1 rings (SSSR count). The second-order valence-corrected chi connectivity index (χ2v) is 4.49. The molecule has 0 aromatic carbocycles. The van der Waals surface area contributed by atoms with Crippen LogP contribution in [0.25, 0.3) is 0 Å². The van der Waals surface area contributed by atoms with Crippen molar-refractivity contribution in [1.29, 1.82) is 0 Å². The highest BCUT2D eigenvalue weighted by atomic mass is 32.2. The molecule has 0 spiro atoms. The summed E-state index contributed by atoms with van der Waals surface area (Å²) in [6.45, 7) is 0. The maximum Gasteiger partial charge on any atom is 0.208 e. The first-order valence-corrected chi connectivity index (χ1v) is 5.02. The Balaban J connectivity index is 2.30. The van der Waals surface area contributed by atoms with Gasteiger partial charge in [0.2, 0.25) is 10.0 Å². The van der Waals surface area contributed by atoms with Crippen LogP contribution in [0.4, 0.5) is 0 Å². The van der Waals surface area contributed by atoms with Crippen LogP contribution in [-0.2, 0) is 10.0 Å². The fourth-order valence-corrected chi connectivity index (χ4v) is 1.78. The molecule has 10 heavy (non-hydrogen) atoms. The van der Waals surface area contributed by atoms with Gasteiger partial charge < -0.3 is 5.11 Å². The first-order chi connectivity index (χ1) is 4.47. The molecule has 0 amide bonds. The number of nitrogens with one attached hydrogen (secondary N) is 1. The lowest BCUT2D eigenvalue weighted by Crippen LogP contribution is -2.46. The van der Waals surface area contributed by atoms with Crippen LogP contribution >= 0.6 is 0 Å². The zero-order valence-corrected chi connectivity index (χ0v) is 6.56. The Morgan fingerprint density at radius 2 is 2.00 bits per heavy atom. The zero-order chi connectivity index (χ0) is 7.78. The predicted octanol–water partition coefficient (Wildman–Crippen LogP) is -0.941. The van der Waals surface area contributed by atoms with E-state index in [0.29, 0.717) is 12.8 Å². The molecular weight excluding hydrogens is 154 g/mol. The van der Waals surface area contributed by atoms with Crippen molar-refractivity contribution >= 4 is 10.0 Å². The third-order valence-electron chi connectivity index (χ3n) is 1.49. The van der Waals surface area contributed by atoms with E-state index in [1.807, 2.05) is 0 Å². The molecule has 0 aromatic heterocycles. The topological polar surface area (TPSA) is 66.4 Å². The van der Waals surface area contributed by atoms with Crippen LogP contribution in [0.15, 0.2) is 0 Å². The van der Waals surface area contributed by atoms with Crippen molar-refractivity contribution in [1.82, 2.24) is 4.72 Å². The Labute approximate surface area is 60.3 Å². The summed E-state index contributed by atoms with van der Waals surface area (Å²) in [4.78, 5) is 0. The zero-order valence-electron chi connectivity index (χ0n) is 5.74. The van der Waals surface area contributed by atoms with Gasteiger partial charge in [-0.15, -0.1) is 0 Å². The number of hydrogen-bond acceptors (Lipinski definition) is 3. The SMILES string of the molecule is CS(=O)(=O)NC1CC(O)C1. The minimum Gasteiger partial charge on any atom is -0.393 e. The number of rotatable bonds is 2. The average Bonchev–Trinajstić information content (AvgIpc) is 1.57. The van der Waals surface area contributed by atoms with E-state index >= 15 is 0 Å². The molecule has 0 heterocycles. The predicted molar refractivity (Wildman–Crippen MR) is 37.0 cm³/mol. The molecule has 0 bridgehead atoms. The molecule has 0 aromatic rings. The molecule has 1 aliphatic rings. The highest BCUT2D eigenvalue weighted by Gasteiger charge is 2.28. The van der Waals surface area contributed by atoms with E-state index in [0.717, 1.165) is 6.26 Å². The maximum atomic E-state index is 10.5. The number of sulfonamides is 1. The van der Waals surface area contributed by atoms with Gasteiger partial charge in [0.25, 0.3) is 0 Å². The summed E-state index contributed by atoms with van der Waals surface area (Å²) in [5.41, 5.74) is 0. The van der Waals surface area contributed by atoms with Crippen molar-refractivity contribution in [3.8, 4) is 0 Å². The Morgan fingerprint density at radius 1 is 1.50 bits per heavy atom. The smallest absolute Gasteiger partial charge is 0.208 e. The molecule has 2 N–H and O–H groups in total. The number of aliphatic hydroxyl groups is 1. The molecule has 0 unspecified atom stereocenters. The number of aliphatic hydroxyl groups excluding tert-OH is 1. The van der Waals surface area contributed by atoms with Gasteiger partial charge in [-0.1, -0.05) is 0 Å². The van der Waals surface area contributed by atoms with Crippen LogP contribution < -0.4 is 4.72 Å². The molecular formula is C5H11NO3S. The van der Waals surface area contributed by atoms with Crippen LogP contribution in [0.5, 0.6) is 0 Å². The Bertz CT molecular complexity index is 205. The number of hydrogen-bond donors (Lipinski definition) is 2. The summed E-state index contributed by atoms with van der Waals surface area (Å²) in [5.74, 6) is 0. The summed E-state index contributed by atoms with van der Waals surface area (Å²) in [7, 11) is -3.07. The lowest BCUT2D eigenvalue weighted by molar-refractivity contribution is 0.0713. The largest absolute Gasteiger partial charge is 0.393 e. The monoisotopic (exact) mass is 165 g/mol. The highest BCUT2D eigenvalue weighted by Crippen LogP contribution is 2.19. The van der Waals surface area contributed by atoms with Gasteiger partial charge in [-0.2, -0.15) is 0 Å². The van der Waals surface area contributed by atoms with Crippen molar-refractivity contribution in [3.63, 3.8) is 0 Å². The average molecular weight is 165 g/mol. The lowest BCUT2D eigenvalue weighted by Gasteiger charge is -2.30. The second kappa shape index (κ2) is 2.48. The van der Waals surface area contributed by atoms with Crippen molar-refractivity contribution in [2.75, 3.05) is 6.26 Å². The van der Waals surface area contributed by atoms with Gasteiger partial charge in [-0.25, -0.2) is 13.1 Å². The standard InChI is InChI=1S/C5H11NO3S/c1-10(8,9)6-4-2-5(7)3-4/h4-7H,2-3H2,1H3. The molecule has 0 radical (unpaired) electrons. The van der Waals surface area contributed by atoms with E-state index in [1.165, 1.54) is 0 Å². The van der Waals surface area contributed by atoms with E-state index in [4.69, 9.17) is 5.11 Å². The van der Waals surface area contributed by atoms with Crippen molar-refractivity contribution < 1.29 is 13.5 Å². The van der Waals surface area contributed by atoms with E-state index in [2.05, 4.69) is 4.72 Å². The molecule has 0 saturated heterocycles. The molecule has 1 saturated carbocycles. The normalized spacial score (nSPS) is 33.4. The van der Waals surface area contributed by atoms with Gasteiger partial charge in [0, 0.05) is 6.04 Å². The molecule has 1 aliphatic carbocycles. The fraction of sp³-hybridized carbons (Fsp3) is 1.00. The van der Waals surface area contributed by atoms with Gasteiger partial charge in [-0.3, -0.25) is 0 Å². The molecule has 5 heteroatoms. The van der Waals surface area contributed by atoms with Gasteiger partial charge in [0.1, 0.15) is 0 Å². The quantitative estimate of drug-likeness (QED) is 0.555.